The number of aromatic nitrogens is 2. The third kappa shape index (κ3) is 4.82. The quantitative estimate of drug-likeness (QED) is 0.304. The second kappa shape index (κ2) is 9.62. The summed E-state index contributed by atoms with van der Waals surface area (Å²) in [6.45, 7) is 11.5. The largest absolute Gasteiger partial charge is 0.408 e. The number of aliphatic hydroxyl groups excluding tert-OH is 2. The van der Waals surface area contributed by atoms with Gasteiger partial charge in [0.2, 0.25) is 0 Å². The molecule has 5 nitrogen and oxygen atoms in total. The molecule has 34 heavy (non-hydrogen) atoms. The molecule has 6 heteroatoms. The predicted molar refractivity (Wildman–Crippen MR) is 142 cm³/mol. The van der Waals surface area contributed by atoms with Gasteiger partial charge in [-0.1, -0.05) is 69.3 Å². The standard InChI is InChI=1S/C28H36N2O3Si/c1-28(2,3)34(4,5)33-25(17-21(32)19-31)26-27-23(15-16-29-26)22-13-9-10-14-24(22)30(27)18-20-11-7-6-8-12-20/h6-16,21,25,31-32H,17-19H2,1-5H3. The molecule has 2 N–H and O–H groups in total. The van der Waals surface area contributed by atoms with Crippen LogP contribution >= 0.6 is 0 Å². The Bertz CT molecular complexity index is 1260. The van der Waals surface area contributed by atoms with Crippen molar-refractivity contribution in [3.8, 4) is 0 Å². The maximum absolute atomic E-state index is 10.5. The summed E-state index contributed by atoms with van der Waals surface area (Å²) in [4.78, 5) is 4.84. The maximum atomic E-state index is 10.5. The molecule has 0 saturated heterocycles. The van der Waals surface area contributed by atoms with Crippen LogP contribution in [0.15, 0.2) is 66.9 Å². The fourth-order valence-corrected chi connectivity index (χ4v) is 5.54. The van der Waals surface area contributed by atoms with Crippen LogP contribution in [0.3, 0.4) is 0 Å². The Morgan fingerprint density at radius 2 is 1.65 bits per heavy atom. The first-order chi connectivity index (χ1) is 16.1. The number of nitrogens with zero attached hydrogens (tertiary/aromatic N) is 2. The smallest absolute Gasteiger partial charge is 0.192 e. The Morgan fingerprint density at radius 1 is 0.971 bits per heavy atom. The van der Waals surface area contributed by atoms with Gasteiger partial charge in [-0.15, -0.1) is 0 Å². The van der Waals surface area contributed by atoms with Crippen LogP contribution in [0.5, 0.6) is 0 Å². The van der Waals surface area contributed by atoms with Crippen molar-refractivity contribution in [2.45, 2.75) is 64.1 Å². The number of aliphatic hydroxyl groups is 2. The number of fused-ring (bicyclic) bond motifs is 3. The first-order valence-corrected chi connectivity index (χ1v) is 14.9. The van der Waals surface area contributed by atoms with E-state index in [4.69, 9.17) is 9.41 Å². The van der Waals surface area contributed by atoms with E-state index in [1.165, 1.54) is 10.9 Å². The minimum absolute atomic E-state index is 0.0000586. The summed E-state index contributed by atoms with van der Waals surface area (Å²) in [6, 6.07) is 20.9. The Kier molecular flexibility index (Phi) is 6.96. The molecule has 0 bridgehead atoms. The van der Waals surface area contributed by atoms with Gasteiger partial charge < -0.3 is 19.2 Å². The van der Waals surface area contributed by atoms with Gasteiger partial charge in [0.25, 0.3) is 0 Å². The van der Waals surface area contributed by atoms with Crippen molar-refractivity contribution in [1.82, 2.24) is 9.55 Å². The Balaban J connectivity index is 1.94. The highest BCUT2D eigenvalue weighted by Gasteiger charge is 2.40. The molecule has 0 spiro atoms. The van der Waals surface area contributed by atoms with E-state index >= 15 is 0 Å². The van der Waals surface area contributed by atoms with Gasteiger partial charge in [0.1, 0.15) is 0 Å². The van der Waals surface area contributed by atoms with Gasteiger partial charge in [-0.05, 0) is 35.8 Å². The van der Waals surface area contributed by atoms with Crippen molar-refractivity contribution in [3.63, 3.8) is 0 Å². The average molecular weight is 477 g/mol. The fraction of sp³-hybridized carbons (Fsp3) is 0.393. The van der Waals surface area contributed by atoms with Crippen LogP contribution in [0.4, 0.5) is 0 Å². The first kappa shape index (κ1) is 24.6. The van der Waals surface area contributed by atoms with E-state index in [0.717, 1.165) is 22.1 Å². The predicted octanol–water partition coefficient (Wildman–Crippen LogP) is 6.04. The molecule has 0 fully saturated rings. The third-order valence-corrected chi connectivity index (χ3v) is 11.6. The molecular formula is C28H36N2O3Si. The molecule has 0 aliphatic heterocycles. The van der Waals surface area contributed by atoms with Crippen molar-refractivity contribution in [2.75, 3.05) is 6.61 Å². The van der Waals surface area contributed by atoms with E-state index < -0.39 is 20.5 Å². The molecule has 2 aromatic carbocycles. The fourth-order valence-electron chi connectivity index (χ4n) is 4.26. The lowest BCUT2D eigenvalue weighted by Crippen LogP contribution is -2.42. The molecule has 4 aromatic rings. The summed E-state index contributed by atoms with van der Waals surface area (Å²) < 4.78 is 9.18. The Labute approximate surface area is 203 Å². The van der Waals surface area contributed by atoms with Gasteiger partial charge >= 0.3 is 0 Å². The maximum Gasteiger partial charge on any atom is 0.192 e. The van der Waals surface area contributed by atoms with Gasteiger partial charge in [0.05, 0.1) is 30.0 Å². The van der Waals surface area contributed by atoms with Gasteiger partial charge in [0, 0.05) is 35.5 Å². The van der Waals surface area contributed by atoms with Crippen molar-refractivity contribution >= 4 is 30.1 Å². The summed E-state index contributed by atoms with van der Waals surface area (Å²) in [5, 5.41) is 22.4. The first-order valence-electron chi connectivity index (χ1n) is 12.0. The lowest BCUT2D eigenvalue weighted by molar-refractivity contribution is 0.0443. The molecule has 0 amide bonds. The lowest BCUT2D eigenvalue weighted by atomic mass is 10.1. The summed E-state index contributed by atoms with van der Waals surface area (Å²) in [5.74, 6) is 0. The molecule has 0 aliphatic carbocycles. The van der Waals surface area contributed by atoms with Gasteiger partial charge in [-0.3, -0.25) is 4.98 Å². The molecule has 0 radical (unpaired) electrons. The molecular weight excluding hydrogens is 440 g/mol. The zero-order valence-electron chi connectivity index (χ0n) is 20.8. The highest BCUT2D eigenvalue weighted by Crippen LogP contribution is 2.42. The van der Waals surface area contributed by atoms with Gasteiger partial charge in [-0.2, -0.15) is 0 Å². The number of hydrogen-bond donors (Lipinski definition) is 2. The number of benzene rings is 2. The van der Waals surface area contributed by atoms with E-state index in [9.17, 15) is 10.2 Å². The van der Waals surface area contributed by atoms with E-state index in [-0.39, 0.29) is 11.6 Å². The Morgan fingerprint density at radius 3 is 2.32 bits per heavy atom. The molecule has 4 rings (SSSR count). The molecule has 2 heterocycles. The number of para-hydroxylation sites is 1. The Hall–Kier alpha value is -2.51. The second-order valence-electron chi connectivity index (χ2n) is 10.6. The van der Waals surface area contributed by atoms with Crippen LogP contribution < -0.4 is 0 Å². The van der Waals surface area contributed by atoms with E-state index in [0.29, 0.717) is 13.0 Å². The van der Waals surface area contributed by atoms with Crippen LogP contribution in [-0.4, -0.2) is 40.8 Å². The molecule has 2 aromatic heterocycles. The zero-order valence-corrected chi connectivity index (χ0v) is 21.8. The van der Waals surface area contributed by atoms with Crippen molar-refractivity contribution in [2.24, 2.45) is 0 Å². The van der Waals surface area contributed by atoms with Crippen LogP contribution in [0.2, 0.25) is 18.1 Å². The molecule has 2 atom stereocenters. The minimum atomic E-state index is -2.19. The second-order valence-corrected chi connectivity index (χ2v) is 15.4. The topological polar surface area (TPSA) is 67.5 Å². The highest BCUT2D eigenvalue weighted by atomic mass is 28.4. The number of hydrogen-bond acceptors (Lipinski definition) is 4. The van der Waals surface area contributed by atoms with Crippen LogP contribution in [-0.2, 0) is 11.0 Å². The normalized spacial score (nSPS) is 14.6. The number of pyridine rings is 1. The molecule has 2 unspecified atom stereocenters. The van der Waals surface area contributed by atoms with Crippen molar-refractivity contribution in [1.29, 1.82) is 0 Å². The lowest BCUT2D eigenvalue weighted by Gasteiger charge is -2.39. The molecule has 0 saturated carbocycles. The SMILES string of the molecule is CC(C)(C)[Si](C)(C)OC(CC(O)CO)c1nccc2c3ccccc3n(Cc3ccccc3)c12. The summed E-state index contributed by atoms with van der Waals surface area (Å²) >= 11 is 0. The number of rotatable bonds is 8. The zero-order chi connectivity index (χ0) is 24.5. The third-order valence-electron chi connectivity index (χ3n) is 7.14. The van der Waals surface area contributed by atoms with Gasteiger partial charge in [-0.25, -0.2) is 0 Å². The van der Waals surface area contributed by atoms with E-state index in [1.54, 1.807) is 0 Å². The monoisotopic (exact) mass is 476 g/mol. The van der Waals surface area contributed by atoms with E-state index in [1.807, 2.05) is 12.3 Å². The van der Waals surface area contributed by atoms with Crippen LogP contribution in [0, 0.1) is 0 Å². The molecule has 0 aliphatic rings. The summed E-state index contributed by atoms with van der Waals surface area (Å²) in [5.41, 5.74) is 4.20. The minimum Gasteiger partial charge on any atom is -0.408 e. The van der Waals surface area contributed by atoms with Crippen LogP contribution in [0.1, 0.15) is 44.6 Å². The van der Waals surface area contributed by atoms with Crippen LogP contribution in [0.25, 0.3) is 21.8 Å². The molecule has 180 valence electrons. The van der Waals surface area contributed by atoms with Gasteiger partial charge in [0.15, 0.2) is 8.32 Å². The summed E-state index contributed by atoms with van der Waals surface area (Å²) in [6.07, 6.45) is 0.830. The van der Waals surface area contributed by atoms with Crippen molar-refractivity contribution in [3.05, 3.63) is 78.1 Å². The van der Waals surface area contributed by atoms with E-state index in [2.05, 4.69) is 93.0 Å². The average Bonchev–Trinajstić information content (AvgIpc) is 3.12. The summed E-state index contributed by atoms with van der Waals surface area (Å²) in [7, 11) is -2.19. The highest BCUT2D eigenvalue weighted by molar-refractivity contribution is 6.74. The van der Waals surface area contributed by atoms with Crippen molar-refractivity contribution < 1.29 is 14.6 Å².